The molecule has 1 amide bonds. The van der Waals surface area contributed by atoms with Crippen molar-refractivity contribution >= 4 is 21.6 Å². The lowest BCUT2D eigenvalue weighted by atomic mass is 9.99. The van der Waals surface area contributed by atoms with Crippen LogP contribution in [0.5, 0.6) is 0 Å². The Hall–Kier alpha value is -1.51. The quantitative estimate of drug-likeness (QED) is 0.810. The second-order valence-electron chi connectivity index (χ2n) is 5.38. The Bertz CT molecular complexity index is 687. The van der Waals surface area contributed by atoms with Crippen molar-refractivity contribution in [2.75, 3.05) is 30.7 Å². The highest BCUT2D eigenvalue weighted by atomic mass is 32.2. The molecule has 0 aromatic heterocycles. The Balaban J connectivity index is 2.12. The third-order valence-electron chi connectivity index (χ3n) is 3.89. The molecule has 1 aliphatic heterocycles. The Morgan fingerprint density at radius 3 is 2.70 bits per heavy atom. The van der Waals surface area contributed by atoms with Gasteiger partial charge in [-0.3, -0.25) is 4.79 Å². The van der Waals surface area contributed by atoms with E-state index in [0.29, 0.717) is 38.2 Å². The molecule has 0 radical (unpaired) electrons. The second kappa shape index (κ2) is 7.37. The zero-order valence-corrected chi connectivity index (χ0v) is 14.2. The summed E-state index contributed by atoms with van der Waals surface area (Å²) >= 11 is 0. The molecule has 2 N–H and O–H groups in total. The van der Waals surface area contributed by atoms with E-state index in [2.05, 4.69) is 10.6 Å². The fraction of sp³-hybridized carbons (Fsp3) is 0.533. The minimum Gasteiger partial charge on any atom is -0.323 e. The fourth-order valence-corrected chi connectivity index (χ4v) is 4.06. The van der Waals surface area contributed by atoms with Crippen molar-refractivity contribution in [1.82, 2.24) is 9.62 Å². The van der Waals surface area contributed by atoms with Crippen LogP contribution in [0.15, 0.2) is 12.1 Å². The highest BCUT2D eigenvalue weighted by Gasteiger charge is 2.24. The maximum absolute atomic E-state index is 14.4. The van der Waals surface area contributed by atoms with Gasteiger partial charge in [0.2, 0.25) is 15.9 Å². The molecule has 0 atom stereocenters. The number of anilines is 1. The van der Waals surface area contributed by atoms with Gasteiger partial charge >= 0.3 is 0 Å². The molecule has 23 heavy (non-hydrogen) atoms. The van der Waals surface area contributed by atoms with Crippen molar-refractivity contribution in [2.45, 2.75) is 26.8 Å². The van der Waals surface area contributed by atoms with Crippen LogP contribution in [0.4, 0.5) is 10.1 Å². The molecule has 128 valence electrons. The number of amides is 1. The van der Waals surface area contributed by atoms with Crippen molar-refractivity contribution in [3.8, 4) is 0 Å². The van der Waals surface area contributed by atoms with Crippen LogP contribution in [0.2, 0.25) is 0 Å². The van der Waals surface area contributed by atoms with Gasteiger partial charge < -0.3 is 10.6 Å². The van der Waals surface area contributed by atoms with Crippen LogP contribution in [-0.4, -0.2) is 44.0 Å². The number of nitrogens with one attached hydrogen (secondary N) is 2. The van der Waals surface area contributed by atoms with E-state index in [1.165, 1.54) is 10.4 Å². The number of carbonyl (C=O) groups is 1. The summed E-state index contributed by atoms with van der Waals surface area (Å²) in [5.74, 6) is -1.89. The molecular weight excluding hydrogens is 321 g/mol. The summed E-state index contributed by atoms with van der Waals surface area (Å²) in [6.45, 7) is 5.28. The number of halogens is 1. The van der Waals surface area contributed by atoms with Crippen LogP contribution < -0.4 is 10.6 Å². The first-order valence-corrected chi connectivity index (χ1v) is 9.28. The highest BCUT2D eigenvalue weighted by molar-refractivity contribution is 7.89. The Labute approximate surface area is 136 Å². The third kappa shape index (κ3) is 4.07. The van der Waals surface area contributed by atoms with Gasteiger partial charge in [0, 0.05) is 19.6 Å². The summed E-state index contributed by atoms with van der Waals surface area (Å²) in [7, 11) is -3.68. The van der Waals surface area contributed by atoms with E-state index in [9.17, 15) is 17.6 Å². The van der Waals surface area contributed by atoms with Crippen molar-refractivity contribution < 1.29 is 17.6 Å². The number of sulfonamides is 1. The van der Waals surface area contributed by atoms with Crippen molar-refractivity contribution in [3.05, 3.63) is 29.1 Å². The lowest BCUT2D eigenvalue weighted by Gasteiger charge is -2.20. The predicted octanol–water partition coefficient (Wildman–Crippen LogP) is 1.08. The standard InChI is InChI=1S/C15H22FN3O3S/c1-3-19(4-2)23(21,22)10-14(20)18-13-6-5-11-9-17-8-7-12(11)15(13)16/h5-6,17H,3-4,7-10H2,1-2H3,(H,18,20). The summed E-state index contributed by atoms with van der Waals surface area (Å²) in [4.78, 5) is 12.0. The number of carbonyl (C=O) groups excluding carboxylic acids is 1. The molecule has 0 saturated heterocycles. The van der Waals surface area contributed by atoms with Gasteiger partial charge in [-0.2, -0.15) is 0 Å². The summed E-state index contributed by atoms with van der Waals surface area (Å²) in [5, 5.41) is 5.53. The van der Waals surface area contributed by atoms with Crippen LogP contribution in [0.25, 0.3) is 0 Å². The molecule has 0 aliphatic carbocycles. The lowest BCUT2D eigenvalue weighted by Crippen LogP contribution is -2.37. The van der Waals surface area contributed by atoms with Gasteiger partial charge in [-0.15, -0.1) is 0 Å². The number of nitrogens with zero attached hydrogens (tertiary/aromatic N) is 1. The monoisotopic (exact) mass is 343 g/mol. The second-order valence-corrected chi connectivity index (χ2v) is 7.35. The smallest absolute Gasteiger partial charge is 0.241 e. The first-order chi connectivity index (χ1) is 10.9. The number of hydrogen-bond donors (Lipinski definition) is 2. The number of fused-ring (bicyclic) bond motifs is 1. The van der Waals surface area contributed by atoms with Crippen LogP contribution in [0.1, 0.15) is 25.0 Å². The van der Waals surface area contributed by atoms with E-state index in [1.54, 1.807) is 19.9 Å². The summed E-state index contributed by atoms with van der Waals surface area (Å²) in [6, 6.07) is 3.22. The number of hydrogen-bond acceptors (Lipinski definition) is 4. The van der Waals surface area contributed by atoms with E-state index in [-0.39, 0.29) is 5.69 Å². The maximum atomic E-state index is 14.4. The van der Waals surface area contributed by atoms with E-state index in [1.807, 2.05) is 0 Å². The molecule has 0 fully saturated rings. The zero-order valence-electron chi connectivity index (χ0n) is 13.4. The summed E-state index contributed by atoms with van der Waals surface area (Å²) in [5.41, 5.74) is 1.47. The molecule has 8 heteroatoms. The minimum atomic E-state index is -3.68. The zero-order chi connectivity index (χ0) is 17.0. The molecular formula is C15H22FN3O3S. The Morgan fingerprint density at radius 2 is 2.04 bits per heavy atom. The molecule has 1 heterocycles. The largest absolute Gasteiger partial charge is 0.323 e. The van der Waals surface area contributed by atoms with Gasteiger partial charge in [-0.25, -0.2) is 17.1 Å². The fourth-order valence-electron chi connectivity index (χ4n) is 2.69. The average Bonchev–Trinajstić information content (AvgIpc) is 2.50. The summed E-state index contributed by atoms with van der Waals surface area (Å²) in [6.07, 6.45) is 0.544. The van der Waals surface area contributed by atoms with E-state index in [0.717, 1.165) is 5.56 Å². The van der Waals surface area contributed by atoms with E-state index in [4.69, 9.17) is 0 Å². The van der Waals surface area contributed by atoms with Crippen LogP contribution in [0.3, 0.4) is 0 Å². The molecule has 0 saturated carbocycles. The van der Waals surface area contributed by atoms with E-state index < -0.39 is 27.5 Å². The number of benzene rings is 1. The lowest BCUT2D eigenvalue weighted by molar-refractivity contribution is -0.114. The van der Waals surface area contributed by atoms with Crippen molar-refractivity contribution in [3.63, 3.8) is 0 Å². The topological polar surface area (TPSA) is 78.5 Å². The molecule has 1 aromatic carbocycles. The molecule has 0 spiro atoms. The minimum absolute atomic E-state index is 0.0328. The Morgan fingerprint density at radius 1 is 1.35 bits per heavy atom. The predicted molar refractivity (Wildman–Crippen MR) is 87.1 cm³/mol. The van der Waals surface area contributed by atoms with Crippen LogP contribution >= 0.6 is 0 Å². The van der Waals surface area contributed by atoms with Crippen molar-refractivity contribution in [1.29, 1.82) is 0 Å². The van der Waals surface area contributed by atoms with Crippen LogP contribution in [0, 0.1) is 5.82 Å². The average molecular weight is 343 g/mol. The summed E-state index contributed by atoms with van der Waals surface area (Å²) < 4.78 is 39.8. The van der Waals surface area contributed by atoms with Gasteiger partial charge in [0.25, 0.3) is 0 Å². The first-order valence-electron chi connectivity index (χ1n) is 7.67. The van der Waals surface area contributed by atoms with Crippen LogP contribution in [-0.2, 0) is 27.8 Å². The Kier molecular flexibility index (Phi) is 5.72. The third-order valence-corrected chi connectivity index (χ3v) is 5.82. The maximum Gasteiger partial charge on any atom is 0.241 e. The van der Waals surface area contributed by atoms with E-state index >= 15 is 0 Å². The molecule has 0 bridgehead atoms. The highest BCUT2D eigenvalue weighted by Crippen LogP contribution is 2.24. The first kappa shape index (κ1) is 17.8. The van der Waals surface area contributed by atoms with Gasteiger partial charge in [-0.05, 0) is 30.2 Å². The van der Waals surface area contributed by atoms with Gasteiger partial charge in [0.1, 0.15) is 11.6 Å². The van der Waals surface area contributed by atoms with Gasteiger partial charge in [0.05, 0.1) is 5.69 Å². The molecule has 6 nitrogen and oxygen atoms in total. The molecule has 0 unspecified atom stereocenters. The number of rotatable bonds is 6. The SMILES string of the molecule is CCN(CC)S(=O)(=O)CC(=O)Nc1ccc2c(c1F)CCNC2. The molecule has 1 aliphatic rings. The molecule has 1 aromatic rings. The van der Waals surface area contributed by atoms with Crippen molar-refractivity contribution in [2.24, 2.45) is 0 Å². The normalized spacial score (nSPS) is 14.6. The van der Waals surface area contributed by atoms with Gasteiger partial charge in [0.15, 0.2) is 0 Å². The molecule has 2 rings (SSSR count). The van der Waals surface area contributed by atoms with Gasteiger partial charge in [-0.1, -0.05) is 19.9 Å².